The van der Waals surface area contributed by atoms with E-state index in [0.29, 0.717) is 23.0 Å². The molecule has 0 saturated heterocycles. The minimum Gasteiger partial charge on any atom is -0.497 e. The summed E-state index contributed by atoms with van der Waals surface area (Å²) in [6, 6.07) is 19.6. The quantitative estimate of drug-likeness (QED) is 0.446. The lowest BCUT2D eigenvalue weighted by Crippen LogP contribution is -2.34. The first-order chi connectivity index (χ1) is 17.1. The van der Waals surface area contributed by atoms with Gasteiger partial charge < -0.3 is 23.7 Å². The number of ether oxygens (including phenoxy) is 5. The highest BCUT2D eigenvalue weighted by Gasteiger charge is 2.26. The van der Waals surface area contributed by atoms with Gasteiger partial charge >= 0.3 is 0 Å². The number of anilines is 1. The first-order valence-corrected chi connectivity index (χ1v) is 11.1. The fourth-order valence-electron chi connectivity index (χ4n) is 3.98. The van der Waals surface area contributed by atoms with Crippen LogP contribution >= 0.6 is 0 Å². The first kappa shape index (κ1) is 23.9. The Balaban J connectivity index is 1.67. The number of hydrazine groups is 1. The molecule has 182 valence electrons. The summed E-state index contributed by atoms with van der Waals surface area (Å²) in [5.74, 6) is 3.56. The highest BCUT2D eigenvalue weighted by Crippen LogP contribution is 2.37. The second kappa shape index (κ2) is 10.8. The number of allylic oxidation sites excluding steroid dienone is 1. The third kappa shape index (κ3) is 5.14. The van der Waals surface area contributed by atoms with Gasteiger partial charge in [-0.15, -0.1) is 0 Å². The molecule has 0 aromatic heterocycles. The van der Waals surface area contributed by atoms with Gasteiger partial charge in [-0.25, -0.2) is 0 Å². The van der Waals surface area contributed by atoms with E-state index in [-0.39, 0.29) is 6.04 Å². The Hall–Kier alpha value is -4.26. The Labute approximate surface area is 206 Å². The zero-order valence-electron chi connectivity index (χ0n) is 20.6. The second-order valence-corrected chi connectivity index (χ2v) is 7.81. The van der Waals surface area contributed by atoms with E-state index in [4.69, 9.17) is 23.7 Å². The van der Waals surface area contributed by atoms with E-state index in [1.807, 2.05) is 72.8 Å². The summed E-state index contributed by atoms with van der Waals surface area (Å²) in [4.78, 5) is 0. The van der Waals surface area contributed by atoms with Crippen molar-refractivity contribution in [2.75, 3.05) is 40.6 Å². The van der Waals surface area contributed by atoms with Crippen LogP contribution in [0.5, 0.6) is 28.7 Å². The van der Waals surface area contributed by atoms with Gasteiger partial charge in [0.15, 0.2) is 23.0 Å². The molecule has 1 N–H and O–H groups in total. The molecular formula is C28H30N2O5. The molecule has 7 heteroatoms. The lowest BCUT2D eigenvalue weighted by atomic mass is 10.0. The lowest BCUT2D eigenvalue weighted by Gasteiger charge is -2.28. The smallest absolute Gasteiger partial charge is 0.161 e. The van der Waals surface area contributed by atoms with Crippen molar-refractivity contribution in [2.24, 2.45) is 0 Å². The van der Waals surface area contributed by atoms with Gasteiger partial charge in [0.25, 0.3) is 0 Å². The summed E-state index contributed by atoms with van der Waals surface area (Å²) in [5, 5.41) is 2.11. The van der Waals surface area contributed by atoms with Gasteiger partial charge in [0.1, 0.15) is 5.75 Å². The predicted molar refractivity (Wildman–Crippen MR) is 138 cm³/mol. The van der Waals surface area contributed by atoms with Crippen molar-refractivity contribution in [3.63, 3.8) is 0 Å². The van der Waals surface area contributed by atoms with Gasteiger partial charge in [0, 0.05) is 0 Å². The van der Waals surface area contributed by atoms with Crippen LogP contribution in [0, 0.1) is 0 Å². The monoisotopic (exact) mass is 474 g/mol. The molecule has 1 heterocycles. The summed E-state index contributed by atoms with van der Waals surface area (Å²) in [6.07, 6.45) is 6.24. The van der Waals surface area contributed by atoms with Crippen LogP contribution in [0.1, 0.15) is 17.2 Å². The molecule has 3 aromatic rings. The van der Waals surface area contributed by atoms with Gasteiger partial charge in [-0.1, -0.05) is 18.2 Å². The number of hydrogen-bond acceptors (Lipinski definition) is 7. The largest absolute Gasteiger partial charge is 0.497 e. The molecular weight excluding hydrogens is 444 g/mol. The van der Waals surface area contributed by atoms with E-state index in [0.717, 1.165) is 28.3 Å². The summed E-state index contributed by atoms with van der Waals surface area (Å²) in [7, 11) is 8.20. The highest BCUT2D eigenvalue weighted by molar-refractivity contribution is 5.61. The number of rotatable bonds is 9. The number of hydrogen-bond donors (Lipinski definition) is 1. The minimum atomic E-state index is -0.0757. The normalized spacial score (nSPS) is 14.9. The van der Waals surface area contributed by atoms with Crippen molar-refractivity contribution in [3.05, 3.63) is 89.6 Å². The molecule has 1 unspecified atom stereocenters. The minimum absolute atomic E-state index is 0.0757. The van der Waals surface area contributed by atoms with Crippen molar-refractivity contribution >= 4 is 11.8 Å². The highest BCUT2D eigenvalue weighted by atomic mass is 16.5. The van der Waals surface area contributed by atoms with Gasteiger partial charge in [-0.2, -0.15) is 0 Å². The van der Waals surface area contributed by atoms with Crippen molar-refractivity contribution in [1.29, 1.82) is 0 Å². The molecule has 0 amide bonds. The number of methoxy groups -OCH3 is 5. The standard InChI is InChI=1S/C28H30N2O5/c1-31-23-12-10-22(11-13-23)30-24(20-8-15-26(33-3)28(17-20)35-5)18-21(29-30)9-6-19-7-14-25(32-2)27(16-19)34-4/h6-18,24,29H,1-5H3. The molecule has 0 bridgehead atoms. The van der Waals surface area contributed by atoms with Gasteiger partial charge in [0.2, 0.25) is 0 Å². The Kier molecular flexibility index (Phi) is 7.35. The van der Waals surface area contributed by atoms with Crippen molar-refractivity contribution in [2.45, 2.75) is 6.04 Å². The number of nitrogens with zero attached hydrogens (tertiary/aromatic N) is 1. The molecule has 0 fully saturated rings. The van der Waals surface area contributed by atoms with Crippen molar-refractivity contribution in [3.8, 4) is 28.7 Å². The molecule has 0 saturated carbocycles. The topological polar surface area (TPSA) is 61.4 Å². The van der Waals surface area contributed by atoms with Gasteiger partial charge in [-0.3, -0.25) is 10.4 Å². The van der Waals surface area contributed by atoms with Crippen LogP contribution in [-0.4, -0.2) is 35.5 Å². The molecule has 1 atom stereocenters. The number of benzene rings is 3. The SMILES string of the molecule is COc1ccc(N2NC(C=Cc3ccc(OC)c(OC)c3)=CC2c2ccc(OC)c(OC)c2)cc1. The maximum atomic E-state index is 5.54. The molecule has 0 radical (unpaired) electrons. The van der Waals surface area contributed by atoms with Crippen LogP contribution in [0.25, 0.3) is 6.08 Å². The Morgan fingerprint density at radius 1 is 0.657 bits per heavy atom. The fourth-order valence-corrected chi connectivity index (χ4v) is 3.98. The Morgan fingerprint density at radius 3 is 1.91 bits per heavy atom. The van der Waals surface area contributed by atoms with Gasteiger partial charge in [-0.05, 0) is 71.8 Å². The zero-order chi connectivity index (χ0) is 24.8. The lowest BCUT2D eigenvalue weighted by molar-refractivity contribution is 0.354. The molecule has 3 aromatic carbocycles. The van der Waals surface area contributed by atoms with Crippen molar-refractivity contribution < 1.29 is 23.7 Å². The maximum absolute atomic E-state index is 5.54. The van der Waals surface area contributed by atoms with Crippen LogP contribution in [0.4, 0.5) is 5.69 Å². The molecule has 4 rings (SSSR count). The number of nitrogens with one attached hydrogen (secondary N) is 1. The second-order valence-electron chi connectivity index (χ2n) is 7.81. The van der Waals surface area contributed by atoms with Crippen LogP contribution in [0.2, 0.25) is 0 Å². The van der Waals surface area contributed by atoms with Gasteiger partial charge in [0.05, 0.1) is 53.0 Å². The molecule has 35 heavy (non-hydrogen) atoms. The first-order valence-electron chi connectivity index (χ1n) is 11.1. The van der Waals surface area contributed by atoms with E-state index in [2.05, 4.69) is 16.5 Å². The van der Waals surface area contributed by atoms with Crippen LogP contribution in [0.15, 0.2) is 78.5 Å². The van der Waals surface area contributed by atoms with E-state index >= 15 is 0 Å². The molecule has 0 aliphatic carbocycles. The maximum Gasteiger partial charge on any atom is 0.161 e. The third-order valence-electron chi connectivity index (χ3n) is 5.83. The van der Waals surface area contributed by atoms with E-state index in [1.165, 1.54) is 0 Å². The van der Waals surface area contributed by atoms with Crippen LogP contribution < -0.4 is 34.1 Å². The molecule has 1 aliphatic rings. The van der Waals surface area contributed by atoms with Crippen LogP contribution in [-0.2, 0) is 0 Å². The van der Waals surface area contributed by atoms with E-state index < -0.39 is 0 Å². The fraction of sp³-hybridized carbons (Fsp3) is 0.214. The molecule has 0 spiro atoms. The van der Waals surface area contributed by atoms with E-state index in [1.54, 1.807) is 35.5 Å². The summed E-state index contributed by atoms with van der Waals surface area (Å²) >= 11 is 0. The van der Waals surface area contributed by atoms with Crippen LogP contribution in [0.3, 0.4) is 0 Å². The summed E-state index contributed by atoms with van der Waals surface area (Å²) in [6.45, 7) is 0. The predicted octanol–water partition coefficient (Wildman–Crippen LogP) is 5.39. The average molecular weight is 475 g/mol. The Morgan fingerprint density at radius 2 is 1.29 bits per heavy atom. The molecule has 7 nitrogen and oxygen atoms in total. The zero-order valence-corrected chi connectivity index (χ0v) is 20.6. The Bertz CT molecular complexity index is 1220. The summed E-state index contributed by atoms with van der Waals surface area (Å²) in [5.41, 5.74) is 7.52. The average Bonchev–Trinajstić information content (AvgIpc) is 3.35. The van der Waals surface area contributed by atoms with E-state index in [9.17, 15) is 0 Å². The van der Waals surface area contributed by atoms with Crippen molar-refractivity contribution in [1.82, 2.24) is 5.43 Å². The molecule has 1 aliphatic heterocycles. The third-order valence-corrected chi connectivity index (χ3v) is 5.83. The summed E-state index contributed by atoms with van der Waals surface area (Å²) < 4.78 is 27.1.